The van der Waals surface area contributed by atoms with Gasteiger partial charge in [-0.3, -0.25) is 4.79 Å². The minimum absolute atomic E-state index is 0.226. The van der Waals surface area contributed by atoms with Crippen LogP contribution < -0.4 is 10.1 Å². The van der Waals surface area contributed by atoms with Crippen LogP contribution in [0.5, 0.6) is 5.75 Å². The molecule has 1 N–H and O–H groups in total. The van der Waals surface area contributed by atoms with E-state index in [1.165, 1.54) is 5.56 Å². The Bertz CT molecular complexity index is 425. The van der Waals surface area contributed by atoms with Gasteiger partial charge < -0.3 is 15.0 Å². The maximum absolute atomic E-state index is 11.9. The lowest BCUT2D eigenvalue weighted by molar-refractivity contribution is -0.129. The fourth-order valence-corrected chi connectivity index (χ4v) is 2.53. The molecular formula is C16H24N2O2. The molecule has 1 heterocycles. The summed E-state index contributed by atoms with van der Waals surface area (Å²) in [7, 11) is 1.67. The first kappa shape index (κ1) is 14.9. The molecule has 4 nitrogen and oxygen atoms in total. The number of benzene rings is 1. The summed E-state index contributed by atoms with van der Waals surface area (Å²) in [5.74, 6) is 1.10. The highest BCUT2D eigenvalue weighted by Crippen LogP contribution is 2.12. The van der Waals surface area contributed by atoms with Crippen LogP contribution in [0.25, 0.3) is 0 Å². The summed E-state index contributed by atoms with van der Waals surface area (Å²) in [6, 6.07) is 8.36. The van der Waals surface area contributed by atoms with Gasteiger partial charge in [0, 0.05) is 19.1 Å². The van der Waals surface area contributed by atoms with Crippen LogP contribution in [-0.4, -0.2) is 43.6 Å². The van der Waals surface area contributed by atoms with Crippen molar-refractivity contribution in [2.24, 2.45) is 0 Å². The smallest absolute Gasteiger partial charge is 0.236 e. The number of likely N-dealkylation sites (tertiary alicyclic amines) is 1. The van der Waals surface area contributed by atoms with Gasteiger partial charge in [-0.2, -0.15) is 0 Å². The van der Waals surface area contributed by atoms with E-state index in [-0.39, 0.29) is 11.9 Å². The van der Waals surface area contributed by atoms with E-state index in [1.807, 2.05) is 17.0 Å². The number of rotatable bonds is 6. The maximum Gasteiger partial charge on any atom is 0.236 e. The number of amides is 1. The molecule has 0 bridgehead atoms. The lowest BCUT2D eigenvalue weighted by atomic mass is 10.1. The molecule has 1 amide bonds. The Balaban J connectivity index is 1.73. The second-order valence-electron chi connectivity index (χ2n) is 5.42. The number of ether oxygens (including phenoxy) is 1. The van der Waals surface area contributed by atoms with Crippen LogP contribution in [0, 0.1) is 0 Å². The van der Waals surface area contributed by atoms with Gasteiger partial charge in [-0.15, -0.1) is 0 Å². The number of nitrogens with one attached hydrogen (secondary N) is 1. The molecule has 20 heavy (non-hydrogen) atoms. The molecule has 0 aliphatic carbocycles. The summed E-state index contributed by atoms with van der Waals surface area (Å²) in [5, 5.41) is 3.31. The van der Waals surface area contributed by atoms with Gasteiger partial charge in [0.25, 0.3) is 0 Å². The van der Waals surface area contributed by atoms with Gasteiger partial charge in [0.1, 0.15) is 5.75 Å². The molecule has 1 atom stereocenters. The van der Waals surface area contributed by atoms with Crippen LogP contribution in [-0.2, 0) is 11.2 Å². The summed E-state index contributed by atoms with van der Waals surface area (Å²) in [6.45, 7) is 4.40. The minimum atomic E-state index is 0.226. The summed E-state index contributed by atoms with van der Waals surface area (Å²) in [5.41, 5.74) is 1.25. The first-order chi connectivity index (χ1) is 9.69. The van der Waals surface area contributed by atoms with Crippen LogP contribution in [0.3, 0.4) is 0 Å². The third kappa shape index (κ3) is 4.23. The van der Waals surface area contributed by atoms with Crippen molar-refractivity contribution in [3.63, 3.8) is 0 Å². The van der Waals surface area contributed by atoms with Crippen molar-refractivity contribution in [2.75, 3.05) is 26.7 Å². The lowest BCUT2D eigenvalue weighted by Crippen LogP contribution is -2.40. The normalized spacial score (nSPS) is 16.2. The van der Waals surface area contributed by atoms with Crippen molar-refractivity contribution in [3.05, 3.63) is 29.8 Å². The second-order valence-corrected chi connectivity index (χ2v) is 5.42. The Morgan fingerprint density at radius 1 is 1.30 bits per heavy atom. The molecule has 2 rings (SSSR count). The van der Waals surface area contributed by atoms with E-state index in [9.17, 15) is 4.79 Å². The number of nitrogens with zero attached hydrogens (tertiary/aromatic N) is 1. The van der Waals surface area contributed by atoms with Gasteiger partial charge >= 0.3 is 0 Å². The van der Waals surface area contributed by atoms with Crippen LogP contribution >= 0.6 is 0 Å². The van der Waals surface area contributed by atoms with E-state index in [0.29, 0.717) is 6.54 Å². The molecule has 1 saturated heterocycles. The molecule has 0 radical (unpaired) electrons. The molecule has 0 saturated carbocycles. The average Bonchev–Trinajstić information content (AvgIpc) is 3.00. The fourth-order valence-electron chi connectivity index (χ4n) is 2.53. The highest BCUT2D eigenvalue weighted by atomic mass is 16.5. The van der Waals surface area contributed by atoms with Gasteiger partial charge in [-0.25, -0.2) is 0 Å². The topological polar surface area (TPSA) is 41.6 Å². The number of carbonyl (C=O) groups is 1. The van der Waals surface area contributed by atoms with E-state index in [2.05, 4.69) is 24.4 Å². The Morgan fingerprint density at radius 2 is 1.95 bits per heavy atom. The molecule has 110 valence electrons. The van der Waals surface area contributed by atoms with Crippen molar-refractivity contribution in [2.45, 2.75) is 32.2 Å². The summed E-state index contributed by atoms with van der Waals surface area (Å²) >= 11 is 0. The maximum atomic E-state index is 11.9. The second kappa shape index (κ2) is 7.29. The predicted molar refractivity (Wildman–Crippen MR) is 80.0 cm³/mol. The van der Waals surface area contributed by atoms with Crippen LogP contribution in [0.2, 0.25) is 0 Å². The van der Waals surface area contributed by atoms with Crippen molar-refractivity contribution >= 4 is 5.91 Å². The molecule has 1 unspecified atom stereocenters. The van der Waals surface area contributed by atoms with Gasteiger partial charge in [-0.1, -0.05) is 12.1 Å². The van der Waals surface area contributed by atoms with E-state index < -0.39 is 0 Å². The van der Waals surface area contributed by atoms with Crippen molar-refractivity contribution < 1.29 is 9.53 Å². The first-order valence-electron chi connectivity index (χ1n) is 7.33. The van der Waals surface area contributed by atoms with E-state index >= 15 is 0 Å². The largest absolute Gasteiger partial charge is 0.497 e. The number of hydrogen-bond acceptors (Lipinski definition) is 3. The summed E-state index contributed by atoms with van der Waals surface area (Å²) in [4.78, 5) is 13.9. The zero-order valence-electron chi connectivity index (χ0n) is 12.4. The van der Waals surface area contributed by atoms with E-state index in [4.69, 9.17) is 4.74 Å². The zero-order valence-corrected chi connectivity index (χ0v) is 12.4. The molecule has 1 aliphatic heterocycles. The van der Waals surface area contributed by atoms with Crippen molar-refractivity contribution in [1.82, 2.24) is 10.2 Å². The Morgan fingerprint density at radius 3 is 2.55 bits per heavy atom. The zero-order chi connectivity index (χ0) is 14.4. The highest BCUT2D eigenvalue weighted by molar-refractivity contribution is 5.78. The van der Waals surface area contributed by atoms with Crippen LogP contribution in [0.1, 0.15) is 25.3 Å². The Hall–Kier alpha value is -1.55. The number of carbonyl (C=O) groups excluding carboxylic acids is 1. The van der Waals surface area contributed by atoms with Gasteiger partial charge in [0.05, 0.1) is 13.7 Å². The van der Waals surface area contributed by atoms with Gasteiger partial charge in [0.15, 0.2) is 0 Å². The van der Waals surface area contributed by atoms with Crippen LogP contribution in [0.15, 0.2) is 24.3 Å². The Kier molecular flexibility index (Phi) is 5.41. The SMILES string of the molecule is COc1ccc(CC(C)NCC(=O)N2CCCC2)cc1. The van der Waals surface area contributed by atoms with E-state index in [1.54, 1.807) is 7.11 Å². The van der Waals surface area contributed by atoms with E-state index in [0.717, 1.165) is 38.1 Å². The summed E-state index contributed by atoms with van der Waals surface area (Å²) in [6.07, 6.45) is 3.21. The Labute approximate surface area is 121 Å². The van der Waals surface area contributed by atoms with Crippen molar-refractivity contribution in [1.29, 1.82) is 0 Å². The third-order valence-electron chi connectivity index (χ3n) is 3.76. The third-order valence-corrected chi connectivity index (χ3v) is 3.76. The average molecular weight is 276 g/mol. The van der Waals surface area contributed by atoms with Crippen molar-refractivity contribution in [3.8, 4) is 5.75 Å². The molecule has 1 aliphatic rings. The highest BCUT2D eigenvalue weighted by Gasteiger charge is 2.17. The fraction of sp³-hybridized carbons (Fsp3) is 0.562. The lowest BCUT2D eigenvalue weighted by Gasteiger charge is -2.18. The van der Waals surface area contributed by atoms with Crippen LogP contribution in [0.4, 0.5) is 0 Å². The molecule has 1 fully saturated rings. The molecular weight excluding hydrogens is 252 g/mol. The van der Waals surface area contributed by atoms with Gasteiger partial charge in [0.2, 0.25) is 5.91 Å². The molecule has 4 heteroatoms. The van der Waals surface area contributed by atoms with Gasteiger partial charge in [-0.05, 0) is 43.9 Å². The molecule has 0 spiro atoms. The minimum Gasteiger partial charge on any atom is -0.497 e. The quantitative estimate of drug-likeness (QED) is 0.862. The molecule has 1 aromatic carbocycles. The standard InChI is InChI=1S/C16H24N2O2/c1-13(11-14-5-7-15(20-2)8-6-14)17-12-16(19)18-9-3-4-10-18/h5-8,13,17H,3-4,9-12H2,1-2H3. The molecule has 0 aromatic heterocycles. The first-order valence-corrected chi connectivity index (χ1v) is 7.33. The monoisotopic (exact) mass is 276 g/mol. The summed E-state index contributed by atoms with van der Waals surface area (Å²) < 4.78 is 5.14. The number of methoxy groups -OCH3 is 1. The predicted octanol–water partition coefficient (Wildman–Crippen LogP) is 1.84. The molecule has 1 aromatic rings. The number of hydrogen-bond donors (Lipinski definition) is 1.